The van der Waals surface area contributed by atoms with Crippen LogP contribution >= 0.6 is 0 Å². The highest BCUT2D eigenvalue weighted by Crippen LogP contribution is 2.29. The molecule has 0 radical (unpaired) electrons. The quantitative estimate of drug-likeness (QED) is 0.783. The van der Waals surface area contributed by atoms with Crippen LogP contribution in [0.25, 0.3) is 0 Å². The molecule has 1 aromatic rings. The van der Waals surface area contributed by atoms with E-state index in [2.05, 4.69) is 4.72 Å². The zero-order valence-corrected chi connectivity index (χ0v) is 10.7. The molecule has 1 rings (SSSR count). The maximum atomic E-state index is 11.9. The van der Waals surface area contributed by atoms with Crippen LogP contribution in [0, 0.1) is 6.92 Å². The van der Waals surface area contributed by atoms with Gasteiger partial charge in [-0.3, -0.25) is 4.72 Å². The number of aromatic hydroxyl groups is 1. The first kappa shape index (κ1) is 12.8. The molecule has 1 aromatic carbocycles. The van der Waals surface area contributed by atoms with E-state index >= 15 is 0 Å². The Morgan fingerprint density at radius 3 is 2.31 bits per heavy atom. The highest BCUT2D eigenvalue weighted by molar-refractivity contribution is 7.94. The second kappa shape index (κ2) is 3.97. The Morgan fingerprint density at radius 1 is 1.25 bits per heavy atom. The number of phenols is 1. The van der Waals surface area contributed by atoms with Crippen molar-refractivity contribution in [2.45, 2.75) is 32.4 Å². The normalized spacial score (nSPS) is 12.5. The Kier molecular flexibility index (Phi) is 3.19. The molecule has 0 aliphatic rings. The van der Waals surface area contributed by atoms with E-state index in [-0.39, 0.29) is 11.4 Å². The Labute approximate surface area is 96.4 Å². The Hall–Kier alpha value is -1.23. The van der Waals surface area contributed by atoms with Gasteiger partial charge >= 0.3 is 0 Å². The molecule has 0 amide bonds. The van der Waals surface area contributed by atoms with Gasteiger partial charge in [0.25, 0.3) is 0 Å². The summed E-state index contributed by atoms with van der Waals surface area (Å²) in [5.41, 5.74) is 0.851. The molecular weight excluding hydrogens is 226 g/mol. The maximum absolute atomic E-state index is 11.9. The summed E-state index contributed by atoms with van der Waals surface area (Å²) in [6.07, 6.45) is 0. The summed E-state index contributed by atoms with van der Waals surface area (Å²) < 4.78 is 25.2. The van der Waals surface area contributed by atoms with Crippen molar-refractivity contribution in [2.24, 2.45) is 0 Å². The van der Waals surface area contributed by atoms with Gasteiger partial charge in [-0.1, -0.05) is 12.1 Å². The smallest absolute Gasteiger partial charge is 0.237 e. The second-order valence-electron chi connectivity index (χ2n) is 4.69. The number of benzene rings is 1. The van der Waals surface area contributed by atoms with Crippen molar-refractivity contribution >= 4 is 15.7 Å². The van der Waals surface area contributed by atoms with Crippen LogP contribution in [-0.4, -0.2) is 18.3 Å². The standard InChI is InChI=1S/C11H17NO3S/c1-8-6-5-7-9(10(8)13)12-16(14,15)11(2,3)4/h5-7,12-13H,1-4H3. The molecule has 0 bridgehead atoms. The van der Waals surface area contributed by atoms with E-state index in [1.807, 2.05) is 0 Å². The third kappa shape index (κ3) is 2.47. The van der Waals surface area contributed by atoms with Gasteiger partial charge in [-0.2, -0.15) is 0 Å². The molecule has 16 heavy (non-hydrogen) atoms. The molecule has 0 heterocycles. The first-order valence-electron chi connectivity index (χ1n) is 4.96. The molecule has 0 saturated carbocycles. The van der Waals surface area contributed by atoms with E-state index in [0.717, 1.165) is 0 Å². The van der Waals surface area contributed by atoms with Crippen LogP contribution < -0.4 is 4.72 Å². The summed E-state index contributed by atoms with van der Waals surface area (Å²) >= 11 is 0. The topological polar surface area (TPSA) is 66.4 Å². The van der Waals surface area contributed by atoms with Gasteiger partial charge in [0.15, 0.2) is 0 Å². The minimum atomic E-state index is -3.50. The maximum Gasteiger partial charge on any atom is 0.237 e. The van der Waals surface area contributed by atoms with E-state index in [9.17, 15) is 13.5 Å². The number of para-hydroxylation sites is 1. The van der Waals surface area contributed by atoms with Crippen molar-refractivity contribution < 1.29 is 13.5 Å². The summed E-state index contributed by atoms with van der Waals surface area (Å²) in [5, 5.41) is 9.70. The summed E-state index contributed by atoms with van der Waals surface area (Å²) in [5.74, 6) is -0.0321. The number of sulfonamides is 1. The van der Waals surface area contributed by atoms with Gasteiger partial charge in [0.05, 0.1) is 10.4 Å². The highest BCUT2D eigenvalue weighted by Gasteiger charge is 2.29. The van der Waals surface area contributed by atoms with E-state index in [1.165, 1.54) is 6.07 Å². The van der Waals surface area contributed by atoms with Gasteiger partial charge in [0.2, 0.25) is 10.0 Å². The third-order valence-corrected chi connectivity index (χ3v) is 4.39. The monoisotopic (exact) mass is 243 g/mol. The predicted molar refractivity (Wildman–Crippen MR) is 65.1 cm³/mol. The fraction of sp³-hybridized carbons (Fsp3) is 0.455. The summed E-state index contributed by atoms with van der Waals surface area (Å²) in [6, 6.07) is 4.94. The fourth-order valence-electron chi connectivity index (χ4n) is 1.04. The lowest BCUT2D eigenvalue weighted by Crippen LogP contribution is -2.33. The third-order valence-electron chi connectivity index (χ3n) is 2.29. The molecule has 0 unspecified atom stereocenters. The lowest BCUT2D eigenvalue weighted by Gasteiger charge is -2.21. The van der Waals surface area contributed by atoms with E-state index < -0.39 is 14.8 Å². The average molecular weight is 243 g/mol. The summed E-state index contributed by atoms with van der Waals surface area (Å²) in [6.45, 7) is 6.51. The van der Waals surface area contributed by atoms with Crippen LogP contribution in [0.2, 0.25) is 0 Å². The largest absolute Gasteiger partial charge is 0.505 e. The first-order chi connectivity index (χ1) is 7.15. The number of nitrogens with one attached hydrogen (secondary N) is 1. The van der Waals surface area contributed by atoms with Crippen molar-refractivity contribution in [3.63, 3.8) is 0 Å². The molecule has 0 aromatic heterocycles. The number of rotatable bonds is 2. The Morgan fingerprint density at radius 2 is 1.81 bits per heavy atom. The van der Waals surface area contributed by atoms with Gasteiger partial charge in [-0.05, 0) is 39.3 Å². The number of hydrogen-bond acceptors (Lipinski definition) is 3. The van der Waals surface area contributed by atoms with Crippen molar-refractivity contribution in [2.75, 3.05) is 4.72 Å². The Balaban J connectivity index is 3.12. The molecule has 90 valence electrons. The van der Waals surface area contributed by atoms with Gasteiger partial charge in [-0.15, -0.1) is 0 Å². The minimum absolute atomic E-state index is 0.0321. The van der Waals surface area contributed by atoms with E-state index in [0.29, 0.717) is 5.56 Å². The first-order valence-corrected chi connectivity index (χ1v) is 6.44. The molecule has 5 heteroatoms. The highest BCUT2D eigenvalue weighted by atomic mass is 32.2. The molecule has 0 aliphatic heterocycles. The van der Waals surface area contributed by atoms with Crippen molar-refractivity contribution in [1.29, 1.82) is 0 Å². The van der Waals surface area contributed by atoms with E-state index in [1.54, 1.807) is 39.8 Å². The van der Waals surface area contributed by atoms with Crippen LogP contribution in [0.5, 0.6) is 5.75 Å². The van der Waals surface area contributed by atoms with Crippen LogP contribution in [0.4, 0.5) is 5.69 Å². The molecule has 0 aliphatic carbocycles. The van der Waals surface area contributed by atoms with E-state index in [4.69, 9.17) is 0 Å². The van der Waals surface area contributed by atoms with Gasteiger partial charge < -0.3 is 5.11 Å². The van der Waals surface area contributed by atoms with Crippen molar-refractivity contribution in [3.8, 4) is 5.75 Å². The predicted octanol–water partition coefficient (Wildman–Crippen LogP) is 2.24. The SMILES string of the molecule is Cc1cccc(NS(=O)(=O)C(C)(C)C)c1O. The lowest BCUT2D eigenvalue weighted by molar-refractivity contribution is 0.473. The molecule has 0 fully saturated rings. The van der Waals surface area contributed by atoms with Crippen LogP contribution in [0.15, 0.2) is 18.2 Å². The zero-order valence-electron chi connectivity index (χ0n) is 9.90. The molecule has 2 N–H and O–H groups in total. The molecular formula is C11H17NO3S. The van der Waals surface area contributed by atoms with Crippen LogP contribution in [0.1, 0.15) is 26.3 Å². The van der Waals surface area contributed by atoms with Gasteiger partial charge in [0.1, 0.15) is 5.75 Å². The number of aryl methyl sites for hydroxylation is 1. The van der Waals surface area contributed by atoms with Crippen molar-refractivity contribution in [1.82, 2.24) is 0 Å². The Bertz CT molecular complexity index is 486. The summed E-state index contributed by atoms with van der Waals surface area (Å²) in [7, 11) is -3.50. The number of hydrogen-bond donors (Lipinski definition) is 2. The average Bonchev–Trinajstić information content (AvgIpc) is 2.11. The molecule has 4 nitrogen and oxygen atoms in total. The van der Waals surface area contributed by atoms with Gasteiger partial charge in [0, 0.05) is 0 Å². The van der Waals surface area contributed by atoms with Crippen LogP contribution in [-0.2, 0) is 10.0 Å². The zero-order chi connectivity index (χ0) is 12.6. The molecule has 0 saturated heterocycles. The summed E-state index contributed by atoms with van der Waals surface area (Å²) in [4.78, 5) is 0. The van der Waals surface area contributed by atoms with Crippen molar-refractivity contribution in [3.05, 3.63) is 23.8 Å². The number of phenolic OH excluding ortho intramolecular Hbond substituents is 1. The van der Waals surface area contributed by atoms with Crippen LogP contribution in [0.3, 0.4) is 0 Å². The minimum Gasteiger partial charge on any atom is -0.505 e. The molecule has 0 spiro atoms. The lowest BCUT2D eigenvalue weighted by atomic mass is 10.2. The molecule has 0 atom stereocenters. The fourth-order valence-corrected chi connectivity index (χ4v) is 1.80. The number of anilines is 1. The van der Waals surface area contributed by atoms with Gasteiger partial charge in [-0.25, -0.2) is 8.42 Å². The second-order valence-corrected chi connectivity index (χ2v) is 7.12.